The summed E-state index contributed by atoms with van der Waals surface area (Å²) in [6.07, 6.45) is 4.01. The fourth-order valence-corrected chi connectivity index (χ4v) is 1.17. The highest BCUT2D eigenvalue weighted by molar-refractivity contribution is 5.70. The molecule has 0 bridgehead atoms. The van der Waals surface area contributed by atoms with Crippen LogP contribution in [0.25, 0.3) is 0 Å². The minimum Gasteiger partial charge on any atom is -0.481 e. The lowest BCUT2D eigenvalue weighted by atomic mass is 10.1. The Morgan fingerprint density at radius 3 is 1.85 bits per heavy atom. The lowest BCUT2D eigenvalue weighted by Crippen LogP contribution is -2.07. The summed E-state index contributed by atoms with van der Waals surface area (Å²) >= 11 is 0. The molecule has 4 heteroatoms. The van der Waals surface area contributed by atoms with Gasteiger partial charge in [-0.05, 0) is 12.8 Å². The summed E-state index contributed by atoms with van der Waals surface area (Å²) in [5.41, 5.74) is 0. The van der Waals surface area contributed by atoms with E-state index in [1.165, 1.54) is 14.0 Å². The SMILES string of the molecule is COC(C)=O.O=C(O)C1CCCC1. The van der Waals surface area contributed by atoms with Gasteiger partial charge >= 0.3 is 11.9 Å². The summed E-state index contributed by atoms with van der Waals surface area (Å²) < 4.78 is 4.11. The molecule has 1 fully saturated rings. The van der Waals surface area contributed by atoms with Crippen molar-refractivity contribution in [2.75, 3.05) is 7.11 Å². The van der Waals surface area contributed by atoms with Gasteiger partial charge in [-0.1, -0.05) is 12.8 Å². The third-order valence-corrected chi connectivity index (χ3v) is 1.99. The minimum absolute atomic E-state index is 0.0185. The second kappa shape index (κ2) is 6.46. The van der Waals surface area contributed by atoms with Gasteiger partial charge in [-0.2, -0.15) is 0 Å². The van der Waals surface area contributed by atoms with Gasteiger partial charge in [0, 0.05) is 6.92 Å². The highest BCUT2D eigenvalue weighted by Crippen LogP contribution is 2.24. The first kappa shape index (κ1) is 11.9. The van der Waals surface area contributed by atoms with Gasteiger partial charge in [0.1, 0.15) is 0 Å². The zero-order valence-electron chi connectivity index (χ0n) is 8.08. The number of esters is 1. The molecule has 1 aliphatic rings. The van der Waals surface area contributed by atoms with Crippen LogP contribution in [0, 0.1) is 5.92 Å². The Morgan fingerprint density at radius 2 is 1.69 bits per heavy atom. The first-order chi connectivity index (χ1) is 6.07. The van der Waals surface area contributed by atoms with E-state index in [9.17, 15) is 9.59 Å². The van der Waals surface area contributed by atoms with Crippen LogP contribution >= 0.6 is 0 Å². The van der Waals surface area contributed by atoms with Crippen LogP contribution in [-0.4, -0.2) is 24.2 Å². The number of hydrogen-bond acceptors (Lipinski definition) is 3. The molecule has 4 nitrogen and oxygen atoms in total. The van der Waals surface area contributed by atoms with Crippen LogP contribution in [0.1, 0.15) is 32.6 Å². The Bertz CT molecular complexity index is 170. The van der Waals surface area contributed by atoms with Crippen molar-refractivity contribution in [3.63, 3.8) is 0 Å². The first-order valence-electron chi connectivity index (χ1n) is 4.35. The van der Waals surface area contributed by atoms with Gasteiger partial charge in [0.15, 0.2) is 0 Å². The average molecular weight is 188 g/mol. The standard InChI is InChI=1S/C6H10O2.C3H6O2/c7-6(8)5-3-1-2-4-5;1-3(4)5-2/h5H,1-4H2,(H,7,8);1-2H3. The largest absolute Gasteiger partial charge is 0.481 e. The predicted octanol–water partition coefficient (Wildman–Crippen LogP) is 1.44. The molecule has 76 valence electrons. The van der Waals surface area contributed by atoms with E-state index in [1.54, 1.807) is 0 Å². The molecule has 1 rings (SSSR count). The molecule has 0 saturated heterocycles. The Balaban J connectivity index is 0.000000252. The van der Waals surface area contributed by atoms with Crippen molar-refractivity contribution < 1.29 is 19.4 Å². The Kier molecular flexibility index (Phi) is 5.93. The molecule has 1 N–H and O–H groups in total. The van der Waals surface area contributed by atoms with E-state index in [4.69, 9.17) is 5.11 Å². The summed E-state index contributed by atoms with van der Waals surface area (Å²) in [4.78, 5) is 19.8. The van der Waals surface area contributed by atoms with Crippen LogP contribution in [-0.2, 0) is 14.3 Å². The van der Waals surface area contributed by atoms with Gasteiger partial charge in [0.05, 0.1) is 13.0 Å². The molecular weight excluding hydrogens is 172 g/mol. The van der Waals surface area contributed by atoms with Crippen LogP contribution < -0.4 is 0 Å². The molecular formula is C9H16O4. The maximum atomic E-state index is 10.2. The highest BCUT2D eigenvalue weighted by atomic mass is 16.5. The maximum Gasteiger partial charge on any atom is 0.306 e. The second-order valence-corrected chi connectivity index (χ2v) is 3.02. The number of carboxylic acids is 1. The van der Waals surface area contributed by atoms with Crippen LogP contribution in [0.5, 0.6) is 0 Å². The maximum absolute atomic E-state index is 10.2. The average Bonchev–Trinajstić information content (AvgIpc) is 2.57. The number of hydrogen-bond donors (Lipinski definition) is 1. The van der Waals surface area contributed by atoms with Crippen molar-refractivity contribution in [1.82, 2.24) is 0 Å². The van der Waals surface area contributed by atoms with E-state index in [0.29, 0.717) is 0 Å². The van der Waals surface area contributed by atoms with E-state index in [2.05, 4.69) is 4.74 Å². The van der Waals surface area contributed by atoms with Crippen molar-refractivity contribution in [1.29, 1.82) is 0 Å². The summed E-state index contributed by atoms with van der Waals surface area (Å²) in [7, 11) is 1.35. The number of ether oxygens (including phenoxy) is 1. The summed E-state index contributed by atoms with van der Waals surface area (Å²) in [5.74, 6) is -0.873. The molecule has 0 aliphatic heterocycles. The molecule has 0 aromatic rings. The zero-order chi connectivity index (χ0) is 10.3. The van der Waals surface area contributed by atoms with Crippen molar-refractivity contribution >= 4 is 11.9 Å². The van der Waals surface area contributed by atoms with E-state index >= 15 is 0 Å². The quantitative estimate of drug-likeness (QED) is 0.632. The van der Waals surface area contributed by atoms with Crippen molar-refractivity contribution in [2.45, 2.75) is 32.6 Å². The van der Waals surface area contributed by atoms with Crippen LogP contribution in [0.3, 0.4) is 0 Å². The lowest BCUT2D eigenvalue weighted by Gasteiger charge is -1.97. The summed E-state index contributed by atoms with van der Waals surface area (Å²) in [5, 5.41) is 8.41. The molecule has 0 aromatic carbocycles. The van der Waals surface area contributed by atoms with E-state index < -0.39 is 5.97 Å². The fraction of sp³-hybridized carbons (Fsp3) is 0.778. The molecule has 0 atom stereocenters. The van der Waals surface area contributed by atoms with Crippen LogP contribution in [0.4, 0.5) is 0 Å². The normalized spacial score (nSPS) is 15.8. The van der Waals surface area contributed by atoms with Crippen molar-refractivity contribution in [3.8, 4) is 0 Å². The van der Waals surface area contributed by atoms with Gasteiger partial charge in [-0.3, -0.25) is 9.59 Å². The second-order valence-electron chi connectivity index (χ2n) is 3.02. The molecule has 0 aromatic heterocycles. The predicted molar refractivity (Wildman–Crippen MR) is 47.3 cm³/mol. The van der Waals surface area contributed by atoms with Crippen molar-refractivity contribution in [3.05, 3.63) is 0 Å². The van der Waals surface area contributed by atoms with Crippen molar-refractivity contribution in [2.24, 2.45) is 5.92 Å². The topological polar surface area (TPSA) is 63.6 Å². The zero-order valence-corrected chi connectivity index (χ0v) is 8.08. The number of methoxy groups -OCH3 is 1. The number of carbonyl (C=O) groups is 2. The third kappa shape index (κ3) is 6.13. The third-order valence-electron chi connectivity index (χ3n) is 1.99. The number of carboxylic acid groups (broad SMARTS) is 1. The first-order valence-corrected chi connectivity index (χ1v) is 4.35. The monoisotopic (exact) mass is 188 g/mol. The summed E-state index contributed by atoms with van der Waals surface area (Å²) in [6, 6.07) is 0. The number of rotatable bonds is 1. The molecule has 0 amide bonds. The minimum atomic E-state index is -0.609. The van der Waals surface area contributed by atoms with Crippen LogP contribution in [0.2, 0.25) is 0 Å². The van der Waals surface area contributed by atoms with Gasteiger partial charge in [-0.15, -0.1) is 0 Å². The van der Waals surface area contributed by atoms with Gasteiger partial charge in [0.2, 0.25) is 0 Å². The molecule has 1 aliphatic carbocycles. The molecule has 0 spiro atoms. The van der Waals surface area contributed by atoms with Gasteiger partial charge in [0.25, 0.3) is 0 Å². The Labute approximate surface area is 77.9 Å². The smallest absolute Gasteiger partial charge is 0.306 e. The van der Waals surface area contributed by atoms with E-state index in [0.717, 1.165) is 25.7 Å². The lowest BCUT2D eigenvalue weighted by molar-refractivity contribution is -0.141. The van der Waals surface area contributed by atoms with Crippen LogP contribution in [0.15, 0.2) is 0 Å². The van der Waals surface area contributed by atoms with E-state index in [-0.39, 0.29) is 11.9 Å². The summed E-state index contributed by atoms with van der Waals surface area (Å²) in [6.45, 7) is 1.36. The molecule has 1 saturated carbocycles. The van der Waals surface area contributed by atoms with Gasteiger partial charge < -0.3 is 9.84 Å². The molecule has 0 radical (unpaired) electrons. The Morgan fingerprint density at radius 1 is 1.31 bits per heavy atom. The molecule has 13 heavy (non-hydrogen) atoms. The molecule has 0 heterocycles. The Hall–Kier alpha value is -1.06. The van der Waals surface area contributed by atoms with Gasteiger partial charge in [-0.25, -0.2) is 0 Å². The highest BCUT2D eigenvalue weighted by Gasteiger charge is 2.20. The van der Waals surface area contributed by atoms with E-state index in [1.807, 2.05) is 0 Å². The fourth-order valence-electron chi connectivity index (χ4n) is 1.17. The number of aliphatic carboxylic acids is 1. The number of carbonyl (C=O) groups excluding carboxylic acids is 1. The molecule has 0 unspecified atom stereocenters.